The van der Waals surface area contributed by atoms with Gasteiger partial charge in [0.15, 0.2) is 34.3 Å². The molecular formula is C32H26F3N3O5. The fourth-order valence-electron chi connectivity index (χ4n) is 4.76. The zero-order chi connectivity index (χ0) is 30.7. The van der Waals surface area contributed by atoms with Crippen LogP contribution in [0.1, 0.15) is 21.6 Å². The molecule has 0 atom stereocenters. The van der Waals surface area contributed by atoms with Gasteiger partial charge in [0, 0.05) is 42.2 Å². The fourth-order valence-corrected chi connectivity index (χ4v) is 4.76. The van der Waals surface area contributed by atoms with Crippen LogP contribution in [0.2, 0.25) is 0 Å². The highest BCUT2D eigenvalue weighted by Gasteiger charge is 2.21. The Bertz CT molecular complexity index is 1890. The fraction of sp³-hybridized carbons (Fsp3) is 0.188. The predicted octanol–water partition coefficient (Wildman–Crippen LogP) is 6.25. The van der Waals surface area contributed by atoms with Gasteiger partial charge in [0.25, 0.3) is 5.88 Å². The van der Waals surface area contributed by atoms with Gasteiger partial charge in [-0.25, -0.2) is 18.2 Å². The van der Waals surface area contributed by atoms with Crippen molar-refractivity contribution in [2.75, 3.05) is 20.9 Å². The first kappa shape index (κ1) is 29.3. The summed E-state index contributed by atoms with van der Waals surface area (Å²) >= 11 is 0. The van der Waals surface area contributed by atoms with Crippen molar-refractivity contribution in [3.05, 3.63) is 106 Å². The molecule has 0 aliphatic rings. The van der Waals surface area contributed by atoms with Gasteiger partial charge in [-0.2, -0.15) is 0 Å². The number of aryl methyl sites for hydroxylation is 1. The van der Waals surface area contributed by atoms with Gasteiger partial charge in [0.2, 0.25) is 0 Å². The average Bonchev–Trinajstić information content (AvgIpc) is 3.00. The van der Waals surface area contributed by atoms with E-state index in [2.05, 4.69) is 9.97 Å². The van der Waals surface area contributed by atoms with Crippen LogP contribution in [0.15, 0.2) is 71.8 Å². The lowest BCUT2D eigenvalue weighted by atomic mass is 9.97. The number of aromatic nitrogens is 3. The first-order valence-corrected chi connectivity index (χ1v) is 13.2. The normalized spacial score (nSPS) is 11.0. The molecule has 2 aromatic carbocycles. The Morgan fingerprint density at radius 1 is 0.953 bits per heavy atom. The summed E-state index contributed by atoms with van der Waals surface area (Å²) in [6.45, 7) is 0.820. The van der Waals surface area contributed by atoms with E-state index in [1.807, 2.05) is 0 Å². The van der Waals surface area contributed by atoms with Gasteiger partial charge in [0.05, 0.1) is 31.8 Å². The molecule has 220 valence electrons. The molecular weight excluding hydrogens is 563 g/mol. The summed E-state index contributed by atoms with van der Waals surface area (Å²) in [5.74, 6) is -1.16. The van der Waals surface area contributed by atoms with Crippen LogP contribution in [-0.2, 0) is 13.0 Å². The molecule has 0 saturated carbocycles. The van der Waals surface area contributed by atoms with Gasteiger partial charge >= 0.3 is 0 Å². The zero-order valence-corrected chi connectivity index (χ0v) is 23.5. The van der Waals surface area contributed by atoms with Crippen molar-refractivity contribution in [3.63, 3.8) is 0 Å². The number of carbonyl (C=O) groups excluding carboxylic acids is 1. The Morgan fingerprint density at radius 2 is 1.72 bits per heavy atom. The summed E-state index contributed by atoms with van der Waals surface area (Å²) in [5.41, 5.74) is 1.29. The molecule has 3 heterocycles. The highest BCUT2D eigenvalue weighted by molar-refractivity contribution is 5.98. The van der Waals surface area contributed by atoms with E-state index in [-0.39, 0.29) is 41.5 Å². The van der Waals surface area contributed by atoms with Gasteiger partial charge in [-0.15, -0.1) is 0 Å². The van der Waals surface area contributed by atoms with Crippen molar-refractivity contribution in [2.24, 2.45) is 0 Å². The molecule has 5 aromatic rings. The molecule has 0 bridgehead atoms. The first-order valence-electron chi connectivity index (χ1n) is 13.2. The summed E-state index contributed by atoms with van der Waals surface area (Å²) in [7, 11) is 2.90. The molecule has 0 radical (unpaired) electrons. The maximum Gasteiger partial charge on any atom is 0.257 e. The summed E-state index contributed by atoms with van der Waals surface area (Å²) in [4.78, 5) is 35.4. The van der Waals surface area contributed by atoms with Gasteiger partial charge < -0.3 is 18.8 Å². The van der Waals surface area contributed by atoms with Crippen molar-refractivity contribution >= 4 is 16.8 Å². The molecule has 8 nitrogen and oxygen atoms in total. The molecule has 3 aromatic heterocycles. The average molecular weight is 590 g/mol. The van der Waals surface area contributed by atoms with Gasteiger partial charge in [-0.05, 0) is 42.3 Å². The number of hydrogen-bond acceptors (Lipinski definition) is 7. The third-order valence-electron chi connectivity index (χ3n) is 6.91. The van der Waals surface area contributed by atoms with E-state index in [1.54, 1.807) is 13.0 Å². The summed E-state index contributed by atoms with van der Waals surface area (Å²) in [5, 5.41) is 0. The third kappa shape index (κ3) is 5.92. The number of rotatable bonds is 10. The van der Waals surface area contributed by atoms with Crippen molar-refractivity contribution in [1.82, 2.24) is 14.5 Å². The summed E-state index contributed by atoms with van der Waals surface area (Å²) < 4.78 is 59.8. The molecule has 0 aliphatic carbocycles. The van der Waals surface area contributed by atoms with E-state index in [9.17, 15) is 18.4 Å². The lowest BCUT2D eigenvalue weighted by Gasteiger charge is -2.16. The molecule has 0 N–H and O–H groups in total. The summed E-state index contributed by atoms with van der Waals surface area (Å²) in [6.07, 6.45) is 2.49. The number of methoxy groups -OCH3 is 2. The molecule has 11 heteroatoms. The largest absolute Gasteiger partial charge is 0.491 e. The van der Waals surface area contributed by atoms with Crippen LogP contribution in [0.3, 0.4) is 0 Å². The van der Waals surface area contributed by atoms with E-state index >= 15 is 4.39 Å². The smallest absolute Gasteiger partial charge is 0.257 e. The first-order chi connectivity index (χ1) is 20.7. The maximum absolute atomic E-state index is 15.2. The molecule has 0 spiro atoms. The second-order valence-electron chi connectivity index (χ2n) is 9.57. The number of pyridine rings is 3. The van der Waals surface area contributed by atoms with Crippen molar-refractivity contribution < 1.29 is 32.2 Å². The Morgan fingerprint density at radius 3 is 2.40 bits per heavy atom. The van der Waals surface area contributed by atoms with Crippen LogP contribution in [0.25, 0.3) is 22.2 Å². The molecule has 0 saturated heterocycles. The third-order valence-corrected chi connectivity index (χ3v) is 6.91. The molecule has 0 fully saturated rings. The number of ether oxygens (including phenoxy) is 3. The minimum Gasteiger partial charge on any atom is -0.491 e. The standard InChI is InChI=1S/C32H26F3N3O5/c1-18-29(20-5-7-21(34)8-6-20)31(40)22(17-38(18)13-11-33)25(39)15-19-4-9-26(23(35)14-19)43-27-10-12-36-24-16-28(41-2)32(42-3)37-30(24)27/h4-10,12,14,16-17H,11,13,15H2,1-3H3. The van der Waals surface area contributed by atoms with Crippen molar-refractivity contribution in [2.45, 2.75) is 19.9 Å². The lowest BCUT2D eigenvalue weighted by molar-refractivity contribution is 0.0991. The lowest BCUT2D eigenvalue weighted by Crippen LogP contribution is -2.24. The van der Waals surface area contributed by atoms with Crippen LogP contribution in [0, 0.1) is 18.6 Å². The highest BCUT2D eigenvalue weighted by Crippen LogP contribution is 2.34. The maximum atomic E-state index is 15.2. The second-order valence-corrected chi connectivity index (χ2v) is 9.57. The Hall–Kier alpha value is -5.19. The molecule has 0 unspecified atom stereocenters. The van der Waals surface area contributed by atoms with Crippen LogP contribution in [-0.4, -0.2) is 41.2 Å². The van der Waals surface area contributed by atoms with Crippen molar-refractivity contribution in [3.8, 4) is 34.3 Å². The number of nitrogens with zero attached hydrogens (tertiary/aromatic N) is 3. The number of benzene rings is 2. The van der Waals surface area contributed by atoms with E-state index < -0.39 is 29.5 Å². The van der Waals surface area contributed by atoms with Gasteiger partial charge in [-0.3, -0.25) is 14.6 Å². The van der Waals surface area contributed by atoms with E-state index in [0.29, 0.717) is 33.6 Å². The van der Waals surface area contributed by atoms with Crippen LogP contribution in [0.5, 0.6) is 23.1 Å². The predicted molar refractivity (Wildman–Crippen MR) is 154 cm³/mol. The van der Waals surface area contributed by atoms with Gasteiger partial charge in [-0.1, -0.05) is 18.2 Å². The van der Waals surface area contributed by atoms with Crippen LogP contribution < -0.4 is 19.6 Å². The minimum atomic E-state index is -0.749. The zero-order valence-electron chi connectivity index (χ0n) is 23.5. The molecule has 0 aliphatic heterocycles. The summed E-state index contributed by atoms with van der Waals surface area (Å²) in [6, 6.07) is 12.4. The molecule has 0 amide bonds. The quantitative estimate of drug-likeness (QED) is 0.178. The Kier molecular flexibility index (Phi) is 8.42. The van der Waals surface area contributed by atoms with Crippen LogP contribution >= 0.6 is 0 Å². The topological polar surface area (TPSA) is 92.5 Å². The van der Waals surface area contributed by atoms with Crippen molar-refractivity contribution in [1.29, 1.82) is 0 Å². The minimum absolute atomic E-state index is 0.0849. The number of fused-ring (bicyclic) bond motifs is 1. The van der Waals surface area contributed by atoms with E-state index in [0.717, 1.165) is 6.07 Å². The highest BCUT2D eigenvalue weighted by atomic mass is 19.1. The second kappa shape index (κ2) is 12.4. The number of hydrogen-bond donors (Lipinski definition) is 0. The number of Topliss-reactive ketones (excluding diaryl/α,β-unsaturated/α-hetero) is 1. The van der Waals surface area contributed by atoms with Crippen LogP contribution in [0.4, 0.5) is 13.2 Å². The monoisotopic (exact) mass is 589 g/mol. The van der Waals surface area contributed by atoms with E-state index in [1.165, 1.54) is 73.6 Å². The number of carbonyl (C=O) groups is 1. The Balaban J connectivity index is 1.44. The molecule has 5 rings (SSSR count). The number of halogens is 3. The van der Waals surface area contributed by atoms with Gasteiger partial charge in [0.1, 0.15) is 18.0 Å². The Labute approximate surface area is 244 Å². The SMILES string of the molecule is COc1cc2nccc(Oc3ccc(CC(=O)c4cn(CCF)c(C)c(-c5ccc(F)cc5)c4=O)cc3F)c2nc1OC. The van der Waals surface area contributed by atoms with E-state index in [4.69, 9.17) is 14.2 Å². The number of ketones is 1. The number of alkyl halides is 1. The molecule has 43 heavy (non-hydrogen) atoms.